The van der Waals surface area contributed by atoms with E-state index in [0.717, 1.165) is 11.5 Å². The van der Waals surface area contributed by atoms with Crippen LogP contribution in [-0.4, -0.2) is 5.78 Å². The Morgan fingerprint density at radius 2 is 2.00 bits per heavy atom. The third kappa shape index (κ3) is 3.05. The second-order valence-corrected chi connectivity index (χ2v) is 5.50. The Kier molecular flexibility index (Phi) is 3.54. The summed E-state index contributed by atoms with van der Waals surface area (Å²) >= 11 is 0. The summed E-state index contributed by atoms with van der Waals surface area (Å²) in [6.45, 7) is 10.4. The maximum absolute atomic E-state index is 11.1. The Bertz CT molecular complexity index is 318. The zero-order valence-corrected chi connectivity index (χ0v) is 10.6. The second kappa shape index (κ2) is 4.34. The second-order valence-electron chi connectivity index (χ2n) is 5.50. The fourth-order valence-corrected chi connectivity index (χ4v) is 2.36. The minimum atomic E-state index is 0.163. The third-order valence-electron chi connectivity index (χ3n) is 3.39. The lowest BCUT2D eigenvalue weighted by Crippen LogP contribution is -2.07. The van der Waals surface area contributed by atoms with E-state index in [9.17, 15) is 4.79 Å². The van der Waals surface area contributed by atoms with Gasteiger partial charge in [0.25, 0.3) is 0 Å². The van der Waals surface area contributed by atoms with Crippen molar-refractivity contribution in [3.63, 3.8) is 0 Å². The molecule has 1 aliphatic carbocycles. The minimum absolute atomic E-state index is 0.163. The van der Waals surface area contributed by atoms with Gasteiger partial charge in [0.1, 0.15) is 0 Å². The number of hydrogen-bond acceptors (Lipinski definition) is 1. The van der Waals surface area contributed by atoms with Crippen molar-refractivity contribution in [1.29, 1.82) is 0 Å². The number of carbonyl (C=O) groups excluding carboxylic acids is 1. The summed E-state index contributed by atoms with van der Waals surface area (Å²) in [4.78, 5) is 11.1. The minimum Gasteiger partial charge on any atom is -0.295 e. The van der Waals surface area contributed by atoms with Gasteiger partial charge in [-0.15, -0.1) is 0 Å². The van der Waals surface area contributed by atoms with Gasteiger partial charge in [-0.1, -0.05) is 38.5 Å². The largest absolute Gasteiger partial charge is 0.295 e. The fraction of sp³-hybridized carbons (Fsp3) is 0.643. The molecule has 0 bridgehead atoms. The van der Waals surface area contributed by atoms with Gasteiger partial charge in [-0.2, -0.15) is 0 Å². The maximum atomic E-state index is 11.1. The lowest BCUT2D eigenvalue weighted by Gasteiger charge is -2.19. The summed E-state index contributed by atoms with van der Waals surface area (Å²) in [5, 5.41) is 0. The molecule has 0 radical (unpaired) electrons. The average Bonchev–Trinajstić information content (AvgIpc) is 2.34. The molecule has 84 valence electrons. The van der Waals surface area contributed by atoms with E-state index in [4.69, 9.17) is 0 Å². The van der Waals surface area contributed by atoms with E-state index in [2.05, 4.69) is 26.8 Å². The van der Waals surface area contributed by atoms with Gasteiger partial charge in [0.05, 0.1) is 0 Å². The Morgan fingerprint density at radius 1 is 1.40 bits per heavy atom. The topological polar surface area (TPSA) is 17.1 Å². The third-order valence-corrected chi connectivity index (χ3v) is 3.39. The lowest BCUT2D eigenvalue weighted by atomic mass is 9.86. The summed E-state index contributed by atoms with van der Waals surface area (Å²) in [6, 6.07) is 0. The SMILES string of the molecule is CC(=O)C(C)=CC=C1CC(C)CC1(C)C. The standard InChI is InChI=1S/C14H22O/c1-10-8-13(14(4,5)9-10)7-6-11(2)12(3)15/h6-7,10H,8-9H2,1-5H3. The molecule has 1 atom stereocenters. The van der Waals surface area contributed by atoms with E-state index in [0.29, 0.717) is 5.41 Å². The van der Waals surface area contributed by atoms with Gasteiger partial charge in [-0.25, -0.2) is 0 Å². The highest BCUT2D eigenvalue weighted by Crippen LogP contribution is 2.45. The van der Waals surface area contributed by atoms with Crippen molar-refractivity contribution < 1.29 is 4.79 Å². The first-order valence-corrected chi connectivity index (χ1v) is 5.72. The van der Waals surface area contributed by atoms with Crippen molar-refractivity contribution in [1.82, 2.24) is 0 Å². The number of ketones is 1. The van der Waals surface area contributed by atoms with Gasteiger partial charge >= 0.3 is 0 Å². The first-order chi connectivity index (χ1) is 6.83. The highest BCUT2D eigenvalue weighted by atomic mass is 16.1. The molecular weight excluding hydrogens is 184 g/mol. The summed E-state index contributed by atoms with van der Waals surface area (Å²) in [6.07, 6.45) is 6.55. The van der Waals surface area contributed by atoms with Crippen LogP contribution >= 0.6 is 0 Å². The van der Waals surface area contributed by atoms with Gasteiger partial charge in [0, 0.05) is 0 Å². The van der Waals surface area contributed by atoms with Gasteiger partial charge in [-0.05, 0) is 43.6 Å². The highest BCUT2D eigenvalue weighted by Gasteiger charge is 2.32. The van der Waals surface area contributed by atoms with Gasteiger partial charge in [0.15, 0.2) is 5.78 Å². The van der Waals surface area contributed by atoms with Crippen LogP contribution in [0.15, 0.2) is 23.3 Å². The van der Waals surface area contributed by atoms with E-state index < -0.39 is 0 Å². The molecule has 1 saturated carbocycles. The van der Waals surface area contributed by atoms with Crippen LogP contribution in [0, 0.1) is 11.3 Å². The Balaban J connectivity index is 2.85. The molecule has 0 aliphatic heterocycles. The molecule has 0 saturated heterocycles. The van der Waals surface area contributed by atoms with E-state index in [1.54, 1.807) is 6.92 Å². The quantitative estimate of drug-likeness (QED) is 0.626. The van der Waals surface area contributed by atoms with Crippen LogP contribution in [0.3, 0.4) is 0 Å². The van der Waals surface area contributed by atoms with Crippen molar-refractivity contribution in [3.8, 4) is 0 Å². The number of carbonyl (C=O) groups is 1. The van der Waals surface area contributed by atoms with Crippen molar-refractivity contribution in [3.05, 3.63) is 23.3 Å². The molecule has 1 fully saturated rings. The molecular formula is C14H22O. The van der Waals surface area contributed by atoms with Crippen molar-refractivity contribution >= 4 is 5.78 Å². The average molecular weight is 206 g/mol. The summed E-state index contributed by atoms with van der Waals surface area (Å²) in [5.74, 6) is 0.938. The molecule has 0 spiro atoms. The highest BCUT2D eigenvalue weighted by molar-refractivity contribution is 5.92. The monoisotopic (exact) mass is 206 g/mol. The number of rotatable bonds is 2. The van der Waals surface area contributed by atoms with Crippen molar-refractivity contribution in [2.45, 2.75) is 47.5 Å². The normalized spacial score (nSPS) is 28.5. The number of Topliss-reactive ketones (excluding diaryl/α,β-unsaturated/α-hetero) is 1. The van der Waals surface area contributed by atoms with Crippen molar-refractivity contribution in [2.75, 3.05) is 0 Å². The Hall–Kier alpha value is -0.850. The van der Waals surface area contributed by atoms with E-state index in [1.807, 2.05) is 13.0 Å². The van der Waals surface area contributed by atoms with Crippen LogP contribution in [0.25, 0.3) is 0 Å². The first-order valence-electron chi connectivity index (χ1n) is 5.72. The van der Waals surface area contributed by atoms with Crippen LogP contribution in [0.2, 0.25) is 0 Å². The predicted molar refractivity (Wildman–Crippen MR) is 64.7 cm³/mol. The van der Waals surface area contributed by atoms with Crippen LogP contribution in [0.4, 0.5) is 0 Å². The van der Waals surface area contributed by atoms with Gasteiger partial charge in [0.2, 0.25) is 0 Å². The molecule has 1 rings (SSSR count). The van der Waals surface area contributed by atoms with E-state index >= 15 is 0 Å². The van der Waals surface area contributed by atoms with E-state index in [1.165, 1.54) is 18.4 Å². The Labute approximate surface area is 93.3 Å². The fourth-order valence-electron chi connectivity index (χ4n) is 2.36. The summed E-state index contributed by atoms with van der Waals surface area (Å²) in [7, 11) is 0. The van der Waals surface area contributed by atoms with Crippen LogP contribution in [0.1, 0.15) is 47.5 Å². The first kappa shape index (κ1) is 12.2. The molecule has 0 aromatic heterocycles. The molecule has 1 heteroatoms. The van der Waals surface area contributed by atoms with E-state index in [-0.39, 0.29) is 5.78 Å². The molecule has 1 nitrogen and oxygen atoms in total. The predicted octanol–water partition coefficient (Wildman–Crippen LogP) is 3.90. The molecule has 1 unspecified atom stereocenters. The molecule has 0 heterocycles. The summed E-state index contributed by atoms with van der Waals surface area (Å²) in [5.41, 5.74) is 2.64. The number of hydrogen-bond donors (Lipinski definition) is 0. The maximum Gasteiger partial charge on any atom is 0.155 e. The Morgan fingerprint density at radius 3 is 2.40 bits per heavy atom. The molecule has 15 heavy (non-hydrogen) atoms. The molecule has 1 aliphatic rings. The molecule has 0 N–H and O–H groups in total. The van der Waals surface area contributed by atoms with Crippen LogP contribution < -0.4 is 0 Å². The summed E-state index contributed by atoms with van der Waals surface area (Å²) < 4.78 is 0. The van der Waals surface area contributed by atoms with Gasteiger partial charge < -0.3 is 0 Å². The van der Waals surface area contributed by atoms with Crippen molar-refractivity contribution in [2.24, 2.45) is 11.3 Å². The molecule has 0 aromatic rings. The zero-order valence-electron chi connectivity index (χ0n) is 10.6. The van der Waals surface area contributed by atoms with Crippen LogP contribution in [0.5, 0.6) is 0 Å². The smallest absolute Gasteiger partial charge is 0.155 e. The molecule has 0 amide bonds. The van der Waals surface area contributed by atoms with Crippen LogP contribution in [-0.2, 0) is 4.79 Å². The zero-order chi connectivity index (χ0) is 11.6. The van der Waals surface area contributed by atoms with Gasteiger partial charge in [-0.3, -0.25) is 4.79 Å². The lowest BCUT2D eigenvalue weighted by molar-refractivity contribution is -0.113. The molecule has 0 aromatic carbocycles. The number of allylic oxidation sites excluding steroid dienone is 4.